The Kier molecular flexibility index (Phi) is 8.52. The third-order valence-electron chi connectivity index (χ3n) is 13.6. The SMILES string of the molecule is c1ccc(-c2ccc(-c3nc(-c4cccc(-c5ccccc5)c4)nc(-c4ccc5oc6cc7ccccc7cc6c5c4-n4c5cc6ccccc6cc5c5c6ccccc6ccc54)n3)cc2)cc1. The molecule has 0 bridgehead atoms. The molecule has 5 nitrogen and oxygen atoms in total. The summed E-state index contributed by atoms with van der Waals surface area (Å²) in [5.41, 5.74) is 11.9. The van der Waals surface area contributed by atoms with Crippen LogP contribution in [-0.4, -0.2) is 19.5 Å². The zero-order chi connectivity index (χ0) is 44.7. The van der Waals surface area contributed by atoms with Crippen LogP contribution in [0.2, 0.25) is 0 Å². The van der Waals surface area contributed by atoms with Crippen LogP contribution < -0.4 is 0 Å². The molecular weight excluding hydrogens is 829 g/mol. The van der Waals surface area contributed by atoms with Gasteiger partial charge in [-0.3, -0.25) is 0 Å². The second kappa shape index (κ2) is 15.2. The summed E-state index contributed by atoms with van der Waals surface area (Å²) in [7, 11) is 0. The van der Waals surface area contributed by atoms with Gasteiger partial charge < -0.3 is 8.98 Å². The van der Waals surface area contributed by atoms with Crippen molar-refractivity contribution in [3.8, 4) is 62.1 Å². The Labute approximate surface area is 390 Å². The van der Waals surface area contributed by atoms with Gasteiger partial charge in [-0.1, -0.05) is 182 Å². The van der Waals surface area contributed by atoms with Crippen molar-refractivity contribution in [1.29, 1.82) is 0 Å². The van der Waals surface area contributed by atoms with E-state index in [2.05, 4.69) is 223 Å². The van der Waals surface area contributed by atoms with Crippen LogP contribution in [0.25, 0.3) is 138 Å². The Balaban J connectivity index is 1.11. The summed E-state index contributed by atoms with van der Waals surface area (Å²) in [5.74, 6) is 1.73. The Morgan fingerprint density at radius 3 is 1.57 bits per heavy atom. The predicted molar refractivity (Wildman–Crippen MR) is 281 cm³/mol. The number of aromatic nitrogens is 4. The van der Waals surface area contributed by atoms with E-state index in [1.807, 2.05) is 12.1 Å². The van der Waals surface area contributed by atoms with Crippen LogP contribution in [0.3, 0.4) is 0 Å². The van der Waals surface area contributed by atoms with Crippen LogP contribution in [0.4, 0.5) is 0 Å². The van der Waals surface area contributed by atoms with Gasteiger partial charge >= 0.3 is 0 Å². The highest BCUT2D eigenvalue weighted by Crippen LogP contribution is 2.46. The van der Waals surface area contributed by atoms with E-state index in [0.717, 1.165) is 93.8 Å². The zero-order valence-electron chi connectivity index (χ0n) is 36.6. The molecule has 3 heterocycles. The van der Waals surface area contributed by atoms with E-state index >= 15 is 0 Å². The lowest BCUT2D eigenvalue weighted by Gasteiger charge is -2.16. The molecule has 14 aromatic rings. The Bertz CT molecular complexity index is 4300. The van der Waals surface area contributed by atoms with Gasteiger partial charge in [0.05, 0.1) is 22.1 Å². The quantitative estimate of drug-likeness (QED) is 0.167. The third kappa shape index (κ3) is 6.14. The van der Waals surface area contributed by atoms with Gasteiger partial charge in [0.1, 0.15) is 11.2 Å². The summed E-state index contributed by atoms with van der Waals surface area (Å²) in [5, 5.41) is 11.4. The van der Waals surface area contributed by atoms with Gasteiger partial charge in [-0.25, -0.2) is 15.0 Å². The third-order valence-corrected chi connectivity index (χ3v) is 13.6. The van der Waals surface area contributed by atoms with E-state index in [0.29, 0.717) is 17.5 Å². The molecule has 0 amide bonds. The predicted octanol–water partition coefficient (Wildman–Crippen LogP) is 16.7. The van der Waals surface area contributed by atoms with Crippen LogP contribution in [0.5, 0.6) is 0 Å². The van der Waals surface area contributed by atoms with Gasteiger partial charge in [0.25, 0.3) is 0 Å². The number of nitrogens with zero attached hydrogens (tertiary/aromatic N) is 4. The van der Waals surface area contributed by atoms with Crippen molar-refractivity contribution in [2.45, 2.75) is 0 Å². The molecule has 3 aromatic heterocycles. The summed E-state index contributed by atoms with van der Waals surface area (Å²) >= 11 is 0. The zero-order valence-corrected chi connectivity index (χ0v) is 36.6. The number of fused-ring (bicyclic) bond motifs is 10. The van der Waals surface area contributed by atoms with Crippen LogP contribution >= 0.6 is 0 Å². The highest BCUT2D eigenvalue weighted by molar-refractivity contribution is 6.25. The first-order valence-corrected chi connectivity index (χ1v) is 23.0. The minimum atomic E-state index is 0.561. The van der Waals surface area contributed by atoms with Crippen LogP contribution in [0.15, 0.2) is 235 Å². The molecule has 14 rings (SSSR count). The van der Waals surface area contributed by atoms with E-state index in [9.17, 15) is 0 Å². The second-order valence-corrected chi connectivity index (χ2v) is 17.6. The maximum atomic E-state index is 6.88. The molecule has 11 aromatic carbocycles. The molecule has 0 fully saturated rings. The molecule has 0 atom stereocenters. The van der Waals surface area contributed by atoms with E-state index < -0.39 is 0 Å². The molecule has 0 spiro atoms. The average molecular weight is 867 g/mol. The van der Waals surface area contributed by atoms with Gasteiger partial charge in [0, 0.05) is 32.8 Å². The van der Waals surface area contributed by atoms with Gasteiger partial charge in [0.2, 0.25) is 0 Å². The van der Waals surface area contributed by atoms with E-state index in [1.54, 1.807) is 0 Å². The van der Waals surface area contributed by atoms with Gasteiger partial charge in [-0.15, -0.1) is 0 Å². The molecule has 0 saturated carbocycles. The molecule has 0 unspecified atom stereocenters. The molecule has 0 radical (unpaired) electrons. The first kappa shape index (κ1) is 38.1. The van der Waals surface area contributed by atoms with Crippen molar-refractivity contribution in [3.63, 3.8) is 0 Å². The number of hydrogen-bond acceptors (Lipinski definition) is 4. The number of benzene rings is 11. The Hall–Kier alpha value is -9.19. The molecule has 0 saturated heterocycles. The average Bonchev–Trinajstić information content (AvgIpc) is 3.94. The summed E-state index contributed by atoms with van der Waals surface area (Å²) < 4.78 is 9.32. The maximum absolute atomic E-state index is 6.88. The minimum Gasteiger partial charge on any atom is -0.456 e. The minimum absolute atomic E-state index is 0.561. The standard InChI is InChI=1S/C63H38N4O/c1-3-14-39(15-4-1)41-26-28-43(29-27-41)61-64-62(49-24-13-23-44(34-49)40-16-5-2-6-17-40)66-63(65-61)51-31-33-56-59(53-36-46-20-8-10-22-48(46)38-57(53)68-56)60(51)67-54-32-30-42-18-11-12-25-50(42)58(54)52-35-45-19-7-9-21-47(45)37-55(52)67/h1-38H. The number of rotatable bonds is 6. The van der Waals surface area contributed by atoms with Crippen molar-refractivity contribution in [2.75, 3.05) is 0 Å². The Morgan fingerprint density at radius 2 is 0.838 bits per heavy atom. The van der Waals surface area contributed by atoms with Crippen molar-refractivity contribution >= 4 is 76.1 Å². The van der Waals surface area contributed by atoms with Crippen molar-refractivity contribution in [3.05, 3.63) is 231 Å². The van der Waals surface area contributed by atoms with Gasteiger partial charge in [-0.2, -0.15) is 0 Å². The molecule has 0 aliphatic heterocycles. The summed E-state index contributed by atoms with van der Waals surface area (Å²) in [6, 6.07) is 81.6. The molecule has 0 N–H and O–H groups in total. The first-order valence-electron chi connectivity index (χ1n) is 23.0. The van der Waals surface area contributed by atoms with Crippen LogP contribution in [0.1, 0.15) is 0 Å². The fraction of sp³-hybridized carbons (Fsp3) is 0. The van der Waals surface area contributed by atoms with E-state index in [-0.39, 0.29) is 0 Å². The van der Waals surface area contributed by atoms with Crippen molar-refractivity contribution in [2.24, 2.45) is 0 Å². The largest absolute Gasteiger partial charge is 0.456 e. The van der Waals surface area contributed by atoms with Crippen molar-refractivity contribution < 1.29 is 4.42 Å². The van der Waals surface area contributed by atoms with E-state index in [1.165, 1.54) is 26.9 Å². The number of hydrogen-bond donors (Lipinski definition) is 0. The molecule has 316 valence electrons. The fourth-order valence-corrected chi connectivity index (χ4v) is 10.3. The molecule has 5 heteroatoms. The second-order valence-electron chi connectivity index (χ2n) is 17.6. The lowest BCUT2D eigenvalue weighted by Crippen LogP contribution is -2.04. The van der Waals surface area contributed by atoms with Crippen LogP contribution in [-0.2, 0) is 0 Å². The lowest BCUT2D eigenvalue weighted by atomic mass is 10.0. The Morgan fingerprint density at radius 1 is 0.294 bits per heavy atom. The highest BCUT2D eigenvalue weighted by Gasteiger charge is 2.26. The number of furan rings is 1. The fourth-order valence-electron chi connectivity index (χ4n) is 10.3. The van der Waals surface area contributed by atoms with E-state index in [4.69, 9.17) is 19.4 Å². The molecular formula is C63H38N4O. The van der Waals surface area contributed by atoms with Gasteiger partial charge in [0.15, 0.2) is 17.5 Å². The highest BCUT2D eigenvalue weighted by atomic mass is 16.3. The summed E-state index contributed by atoms with van der Waals surface area (Å²) in [6.45, 7) is 0. The van der Waals surface area contributed by atoms with Crippen molar-refractivity contribution in [1.82, 2.24) is 19.5 Å². The van der Waals surface area contributed by atoms with Gasteiger partial charge in [-0.05, 0) is 103 Å². The smallest absolute Gasteiger partial charge is 0.166 e. The normalized spacial score (nSPS) is 11.8. The molecule has 68 heavy (non-hydrogen) atoms. The summed E-state index contributed by atoms with van der Waals surface area (Å²) in [6.07, 6.45) is 0. The first-order chi connectivity index (χ1) is 33.7. The molecule has 0 aliphatic rings. The lowest BCUT2D eigenvalue weighted by molar-refractivity contribution is 0.669. The maximum Gasteiger partial charge on any atom is 0.166 e. The summed E-state index contributed by atoms with van der Waals surface area (Å²) in [4.78, 5) is 16.2. The topological polar surface area (TPSA) is 56.7 Å². The van der Waals surface area contributed by atoms with Crippen LogP contribution in [0, 0.1) is 0 Å². The monoisotopic (exact) mass is 866 g/mol. The molecule has 0 aliphatic carbocycles.